The van der Waals surface area contributed by atoms with Gasteiger partial charge in [0.15, 0.2) is 0 Å². The second kappa shape index (κ2) is 4.78. The Morgan fingerprint density at radius 1 is 1.27 bits per heavy atom. The first kappa shape index (κ1) is 11.5. The van der Waals surface area contributed by atoms with E-state index in [0.29, 0.717) is 0 Å². The number of allylic oxidation sites excluding steroid dienone is 1. The van der Waals surface area contributed by atoms with Crippen molar-refractivity contribution >= 4 is 11.5 Å². The Morgan fingerprint density at radius 2 is 1.80 bits per heavy atom. The Balaban J connectivity index is 3.10. The lowest BCUT2D eigenvalue weighted by Crippen LogP contribution is -1.98. The summed E-state index contributed by atoms with van der Waals surface area (Å²) in [6.45, 7) is 6.00. The van der Waals surface area contributed by atoms with E-state index in [1.54, 1.807) is 0 Å². The third kappa shape index (κ3) is 3.24. The number of aliphatic carboxylic acids is 1. The normalized spacial score (nSPS) is 11.9. The maximum Gasteiger partial charge on any atom is 0.328 e. The number of hydrogen-bond donors (Lipinski definition) is 1. The van der Waals surface area contributed by atoms with Crippen molar-refractivity contribution in [3.05, 3.63) is 41.5 Å². The summed E-state index contributed by atoms with van der Waals surface area (Å²) in [7, 11) is 0. The van der Waals surface area contributed by atoms with E-state index in [1.807, 2.05) is 45.0 Å². The van der Waals surface area contributed by atoms with Gasteiger partial charge in [-0.3, -0.25) is 0 Å². The van der Waals surface area contributed by atoms with Crippen LogP contribution in [0.15, 0.2) is 30.3 Å². The fourth-order valence-corrected chi connectivity index (χ4v) is 1.46. The average molecular weight is 204 g/mol. The van der Waals surface area contributed by atoms with Crippen LogP contribution in [0.25, 0.3) is 5.57 Å². The number of carboxylic acid groups (broad SMARTS) is 1. The molecule has 0 saturated carbocycles. The molecule has 0 heterocycles. The number of carbonyl (C=O) groups is 1. The highest BCUT2D eigenvalue weighted by molar-refractivity contribution is 5.90. The number of benzene rings is 1. The standard InChI is InChI=1S/C13H16O2/c1-9(2)12(8-13(14)15)11-6-4-10(3)5-7-11/h4-9H,1-3H3,(H,14,15). The SMILES string of the molecule is Cc1ccc(C(=CC(=O)O)C(C)C)cc1. The van der Waals surface area contributed by atoms with E-state index < -0.39 is 5.97 Å². The number of carboxylic acids is 1. The molecule has 0 radical (unpaired) electrons. The van der Waals surface area contributed by atoms with E-state index in [0.717, 1.165) is 11.1 Å². The lowest BCUT2D eigenvalue weighted by Gasteiger charge is -2.11. The lowest BCUT2D eigenvalue weighted by atomic mass is 9.94. The van der Waals surface area contributed by atoms with Crippen molar-refractivity contribution in [3.63, 3.8) is 0 Å². The number of aryl methyl sites for hydroxylation is 1. The van der Waals surface area contributed by atoms with Crippen LogP contribution < -0.4 is 0 Å². The molecule has 0 saturated heterocycles. The first-order chi connectivity index (χ1) is 7.00. The number of hydrogen-bond acceptors (Lipinski definition) is 1. The summed E-state index contributed by atoms with van der Waals surface area (Å²) in [5.41, 5.74) is 3.03. The van der Waals surface area contributed by atoms with Crippen molar-refractivity contribution in [3.8, 4) is 0 Å². The zero-order valence-electron chi connectivity index (χ0n) is 9.32. The van der Waals surface area contributed by atoms with Gasteiger partial charge in [0.25, 0.3) is 0 Å². The van der Waals surface area contributed by atoms with Crippen LogP contribution >= 0.6 is 0 Å². The summed E-state index contributed by atoms with van der Waals surface area (Å²) < 4.78 is 0. The molecule has 1 N–H and O–H groups in total. The van der Waals surface area contributed by atoms with Gasteiger partial charge in [0.2, 0.25) is 0 Å². The minimum absolute atomic E-state index is 0.212. The van der Waals surface area contributed by atoms with Crippen LogP contribution in [0.3, 0.4) is 0 Å². The van der Waals surface area contributed by atoms with E-state index >= 15 is 0 Å². The summed E-state index contributed by atoms with van der Waals surface area (Å²) in [6, 6.07) is 7.91. The van der Waals surface area contributed by atoms with Gasteiger partial charge < -0.3 is 5.11 Å². The van der Waals surface area contributed by atoms with Crippen molar-refractivity contribution in [2.75, 3.05) is 0 Å². The summed E-state index contributed by atoms with van der Waals surface area (Å²) in [4.78, 5) is 10.7. The topological polar surface area (TPSA) is 37.3 Å². The Bertz CT molecular complexity index is 372. The monoisotopic (exact) mass is 204 g/mol. The van der Waals surface area contributed by atoms with Gasteiger partial charge in [-0.1, -0.05) is 43.7 Å². The second-order valence-electron chi connectivity index (χ2n) is 3.96. The van der Waals surface area contributed by atoms with Crippen LogP contribution in [0, 0.1) is 12.8 Å². The maximum absolute atomic E-state index is 10.7. The quantitative estimate of drug-likeness (QED) is 0.768. The van der Waals surface area contributed by atoms with E-state index in [1.165, 1.54) is 11.6 Å². The molecule has 1 aromatic carbocycles. The first-order valence-electron chi connectivity index (χ1n) is 5.02. The Hall–Kier alpha value is -1.57. The Kier molecular flexibility index (Phi) is 3.67. The van der Waals surface area contributed by atoms with Crippen molar-refractivity contribution in [1.82, 2.24) is 0 Å². The van der Waals surface area contributed by atoms with Gasteiger partial charge in [0.05, 0.1) is 0 Å². The second-order valence-corrected chi connectivity index (χ2v) is 3.96. The molecule has 0 spiro atoms. The summed E-state index contributed by atoms with van der Waals surface area (Å²) in [6.07, 6.45) is 1.29. The van der Waals surface area contributed by atoms with Crippen molar-refractivity contribution in [1.29, 1.82) is 0 Å². The highest BCUT2D eigenvalue weighted by Gasteiger charge is 2.07. The van der Waals surface area contributed by atoms with E-state index in [-0.39, 0.29) is 5.92 Å². The molecule has 0 atom stereocenters. The molecule has 15 heavy (non-hydrogen) atoms. The fraction of sp³-hybridized carbons (Fsp3) is 0.308. The molecule has 0 aromatic heterocycles. The summed E-state index contributed by atoms with van der Waals surface area (Å²) >= 11 is 0. The minimum atomic E-state index is -0.890. The molecule has 0 fully saturated rings. The molecule has 0 bridgehead atoms. The molecule has 2 heteroatoms. The zero-order valence-corrected chi connectivity index (χ0v) is 9.32. The van der Waals surface area contributed by atoms with Gasteiger partial charge in [-0.05, 0) is 24.0 Å². The summed E-state index contributed by atoms with van der Waals surface area (Å²) in [5.74, 6) is -0.678. The fourth-order valence-electron chi connectivity index (χ4n) is 1.46. The smallest absolute Gasteiger partial charge is 0.328 e. The zero-order chi connectivity index (χ0) is 11.4. The van der Waals surface area contributed by atoms with Crippen LogP contribution in [0.5, 0.6) is 0 Å². The van der Waals surface area contributed by atoms with Crippen LogP contribution in [0.2, 0.25) is 0 Å². The van der Waals surface area contributed by atoms with Gasteiger partial charge in [-0.2, -0.15) is 0 Å². The van der Waals surface area contributed by atoms with Crippen molar-refractivity contribution < 1.29 is 9.90 Å². The molecule has 0 aliphatic heterocycles. The van der Waals surface area contributed by atoms with Gasteiger partial charge in [-0.25, -0.2) is 4.79 Å². The van der Waals surface area contributed by atoms with Crippen LogP contribution in [0.1, 0.15) is 25.0 Å². The first-order valence-corrected chi connectivity index (χ1v) is 5.02. The molecular weight excluding hydrogens is 188 g/mol. The lowest BCUT2D eigenvalue weighted by molar-refractivity contribution is -0.131. The Morgan fingerprint density at radius 3 is 2.20 bits per heavy atom. The molecular formula is C13H16O2. The van der Waals surface area contributed by atoms with E-state index in [9.17, 15) is 4.79 Å². The van der Waals surface area contributed by atoms with Crippen molar-refractivity contribution in [2.24, 2.45) is 5.92 Å². The van der Waals surface area contributed by atoms with E-state index in [2.05, 4.69) is 0 Å². The largest absolute Gasteiger partial charge is 0.478 e. The molecule has 0 aliphatic carbocycles. The van der Waals surface area contributed by atoms with Crippen molar-refractivity contribution in [2.45, 2.75) is 20.8 Å². The third-order valence-corrected chi connectivity index (χ3v) is 2.29. The highest BCUT2D eigenvalue weighted by Crippen LogP contribution is 2.23. The molecule has 1 aromatic rings. The minimum Gasteiger partial charge on any atom is -0.478 e. The van der Waals surface area contributed by atoms with Gasteiger partial charge in [0, 0.05) is 6.08 Å². The molecule has 2 nitrogen and oxygen atoms in total. The van der Waals surface area contributed by atoms with Crippen LogP contribution in [-0.4, -0.2) is 11.1 Å². The number of rotatable bonds is 3. The predicted molar refractivity (Wildman–Crippen MR) is 61.6 cm³/mol. The molecule has 0 amide bonds. The van der Waals surface area contributed by atoms with Gasteiger partial charge in [0.1, 0.15) is 0 Å². The van der Waals surface area contributed by atoms with Crippen LogP contribution in [0.4, 0.5) is 0 Å². The van der Waals surface area contributed by atoms with Crippen LogP contribution in [-0.2, 0) is 4.79 Å². The molecule has 0 unspecified atom stereocenters. The van der Waals surface area contributed by atoms with Gasteiger partial charge >= 0.3 is 5.97 Å². The highest BCUT2D eigenvalue weighted by atomic mass is 16.4. The third-order valence-electron chi connectivity index (χ3n) is 2.29. The molecule has 1 rings (SSSR count). The Labute approximate surface area is 90.3 Å². The van der Waals surface area contributed by atoms with Gasteiger partial charge in [-0.15, -0.1) is 0 Å². The van der Waals surface area contributed by atoms with E-state index in [4.69, 9.17) is 5.11 Å². The molecule has 80 valence electrons. The summed E-state index contributed by atoms with van der Waals surface area (Å²) in [5, 5.41) is 8.77. The predicted octanol–water partition coefficient (Wildman–Crippen LogP) is 3.12. The average Bonchev–Trinajstić information content (AvgIpc) is 2.15. The molecule has 0 aliphatic rings. The maximum atomic E-state index is 10.7.